The summed E-state index contributed by atoms with van der Waals surface area (Å²) in [5.74, 6) is -1.13. The van der Waals surface area contributed by atoms with Crippen LogP contribution in [0.25, 0.3) is 0 Å². The fraction of sp³-hybridized carbons (Fsp3) is 0.400. The lowest BCUT2D eigenvalue weighted by Crippen LogP contribution is -2.37. The Morgan fingerprint density at radius 1 is 1.28 bits per heavy atom. The van der Waals surface area contributed by atoms with Gasteiger partial charge in [0.1, 0.15) is 0 Å². The van der Waals surface area contributed by atoms with Crippen molar-refractivity contribution < 1.29 is 14.7 Å². The van der Waals surface area contributed by atoms with Crippen molar-refractivity contribution in [2.45, 2.75) is 46.0 Å². The second-order valence-electron chi connectivity index (χ2n) is 7.66. The van der Waals surface area contributed by atoms with E-state index < -0.39 is 5.97 Å². The fourth-order valence-electron chi connectivity index (χ4n) is 3.90. The van der Waals surface area contributed by atoms with Crippen LogP contribution in [-0.4, -0.2) is 16.9 Å². The van der Waals surface area contributed by atoms with Gasteiger partial charge in [0.25, 0.3) is 0 Å². The largest absolute Gasteiger partial charge is 0.481 e. The minimum absolute atomic E-state index is 0.0917. The number of carboxylic acids is 1. The Morgan fingerprint density at radius 3 is 2.52 bits per heavy atom. The summed E-state index contributed by atoms with van der Waals surface area (Å²) in [6, 6.07) is 7.32. The van der Waals surface area contributed by atoms with Gasteiger partial charge in [-0.05, 0) is 42.0 Å². The van der Waals surface area contributed by atoms with E-state index in [9.17, 15) is 14.7 Å². The molecule has 1 aliphatic heterocycles. The Kier molecular flexibility index (Phi) is 4.50. The molecule has 0 fully saturated rings. The zero-order chi connectivity index (χ0) is 18.4. The number of aliphatic carboxylic acids is 1. The third kappa shape index (κ3) is 3.49. The van der Waals surface area contributed by atoms with Gasteiger partial charge in [0.15, 0.2) is 5.78 Å². The number of rotatable bonds is 3. The number of dihydropyridines is 1. The number of ketones is 1. The third-order valence-corrected chi connectivity index (χ3v) is 5.17. The lowest BCUT2D eigenvalue weighted by molar-refractivity contribution is -0.136. The summed E-state index contributed by atoms with van der Waals surface area (Å²) in [6.45, 7) is 6.05. The second-order valence-corrected chi connectivity index (χ2v) is 8.10. The van der Waals surface area contributed by atoms with Crippen molar-refractivity contribution in [1.82, 2.24) is 5.32 Å². The van der Waals surface area contributed by atoms with Gasteiger partial charge in [-0.2, -0.15) is 0 Å². The number of carbonyl (C=O) groups excluding carboxylic acids is 1. The lowest BCUT2D eigenvalue weighted by Gasteiger charge is -2.40. The van der Waals surface area contributed by atoms with E-state index in [1.807, 2.05) is 19.1 Å². The molecule has 0 saturated heterocycles. The number of nitrogens with one attached hydrogen (secondary N) is 1. The standard InChI is InChI=1S/C20H22ClNO3/c1-11-14(8-17(24)25)18(12-4-6-13(21)7-5-12)19-15(22-11)9-20(2,3)10-16(19)23/h4-7,18,22H,8-10H2,1-3H3,(H,24,25). The Hall–Kier alpha value is -2.07. The molecule has 0 bridgehead atoms. The van der Waals surface area contributed by atoms with Gasteiger partial charge in [-0.15, -0.1) is 0 Å². The molecule has 2 aliphatic rings. The van der Waals surface area contributed by atoms with E-state index in [1.54, 1.807) is 12.1 Å². The molecule has 2 N–H and O–H groups in total. The molecule has 1 aliphatic carbocycles. The number of carbonyl (C=O) groups is 2. The van der Waals surface area contributed by atoms with Gasteiger partial charge in [0, 0.05) is 34.3 Å². The highest BCUT2D eigenvalue weighted by atomic mass is 35.5. The molecule has 132 valence electrons. The van der Waals surface area contributed by atoms with Gasteiger partial charge in [0.2, 0.25) is 0 Å². The Morgan fingerprint density at radius 2 is 1.92 bits per heavy atom. The van der Waals surface area contributed by atoms with Crippen LogP contribution in [0.1, 0.15) is 51.5 Å². The summed E-state index contributed by atoms with van der Waals surface area (Å²) in [5, 5.41) is 13.3. The first-order valence-corrected chi connectivity index (χ1v) is 8.76. The Balaban J connectivity index is 2.15. The summed E-state index contributed by atoms with van der Waals surface area (Å²) in [6.07, 6.45) is 1.15. The average Bonchev–Trinajstić information content (AvgIpc) is 2.48. The molecule has 1 unspecified atom stereocenters. The fourth-order valence-corrected chi connectivity index (χ4v) is 4.03. The van der Waals surface area contributed by atoms with Crippen molar-refractivity contribution >= 4 is 23.4 Å². The Labute approximate surface area is 152 Å². The van der Waals surface area contributed by atoms with E-state index in [0.717, 1.165) is 29.0 Å². The van der Waals surface area contributed by atoms with Crippen LogP contribution in [0, 0.1) is 5.41 Å². The van der Waals surface area contributed by atoms with Crippen LogP contribution in [0.4, 0.5) is 0 Å². The van der Waals surface area contributed by atoms with Crippen LogP contribution < -0.4 is 5.32 Å². The van der Waals surface area contributed by atoms with E-state index in [1.165, 1.54) is 0 Å². The number of Topliss-reactive ketones (excluding diaryl/α,β-unsaturated/α-hetero) is 1. The van der Waals surface area contributed by atoms with Crippen LogP contribution in [0.2, 0.25) is 5.02 Å². The number of halogens is 1. The zero-order valence-electron chi connectivity index (χ0n) is 14.6. The smallest absolute Gasteiger partial charge is 0.307 e. The molecule has 1 heterocycles. The number of hydrogen-bond donors (Lipinski definition) is 2. The predicted octanol–water partition coefficient (Wildman–Crippen LogP) is 4.42. The molecule has 1 atom stereocenters. The molecular formula is C20H22ClNO3. The van der Waals surface area contributed by atoms with Crippen LogP contribution in [0.5, 0.6) is 0 Å². The van der Waals surface area contributed by atoms with Gasteiger partial charge in [0.05, 0.1) is 6.42 Å². The maximum atomic E-state index is 12.9. The number of allylic oxidation sites excluding steroid dienone is 3. The van der Waals surface area contributed by atoms with Crippen LogP contribution in [0.15, 0.2) is 46.8 Å². The van der Waals surface area contributed by atoms with Crippen molar-refractivity contribution in [2.75, 3.05) is 0 Å². The number of benzene rings is 1. The van der Waals surface area contributed by atoms with Gasteiger partial charge < -0.3 is 10.4 Å². The van der Waals surface area contributed by atoms with Crippen molar-refractivity contribution in [3.63, 3.8) is 0 Å². The topological polar surface area (TPSA) is 66.4 Å². The van der Waals surface area contributed by atoms with Crippen molar-refractivity contribution in [1.29, 1.82) is 0 Å². The zero-order valence-corrected chi connectivity index (χ0v) is 15.4. The second kappa shape index (κ2) is 6.34. The normalized spacial score (nSPS) is 22.6. The molecule has 0 amide bonds. The van der Waals surface area contributed by atoms with Gasteiger partial charge >= 0.3 is 5.97 Å². The third-order valence-electron chi connectivity index (χ3n) is 4.92. The summed E-state index contributed by atoms with van der Waals surface area (Å²) < 4.78 is 0. The van der Waals surface area contributed by atoms with Crippen molar-refractivity contribution in [3.8, 4) is 0 Å². The summed E-state index contributed by atoms with van der Waals surface area (Å²) in [5.41, 5.74) is 4.00. The SMILES string of the molecule is CC1=C(CC(=O)O)C(c2ccc(Cl)cc2)C2=C(CC(C)(C)CC2=O)N1. The molecule has 0 saturated carbocycles. The monoisotopic (exact) mass is 359 g/mol. The van der Waals surface area contributed by atoms with E-state index in [2.05, 4.69) is 19.2 Å². The van der Waals surface area contributed by atoms with Crippen molar-refractivity contribution in [3.05, 3.63) is 57.4 Å². The minimum Gasteiger partial charge on any atom is -0.481 e. The van der Waals surface area contributed by atoms with Crippen molar-refractivity contribution in [2.24, 2.45) is 5.41 Å². The van der Waals surface area contributed by atoms with Crippen LogP contribution in [-0.2, 0) is 9.59 Å². The molecule has 4 nitrogen and oxygen atoms in total. The quantitative estimate of drug-likeness (QED) is 0.838. The molecule has 0 aromatic heterocycles. The summed E-state index contributed by atoms with van der Waals surface area (Å²) in [7, 11) is 0. The first-order valence-electron chi connectivity index (χ1n) is 8.38. The van der Waals surface area contributed by atoms with E-state index in [-0.39, 0.29) is 23.5 Å². The minimum atomic E-state index is -0.900. The molecule has 1 aromatic rings. The van der Waals surface area contributed by atoms with Crippen LogP contribution >= 0.6 is 11.6 Å². The number of hydrogen-bond acceptors (Lipinski definition) is 3. The lowest BCUT2D eigenvalue weighted by atomic mass is 9.68. The molecule has 1 aromatic carbocycles. The highest BCUT2D eigenvalue weighted by molar-refractivity contribution is 6.30. The Bertz CT molecular complexity index is 803. The molecule has 5 heteroatoms. The molecule has 25 heavy (non-hydrogen) atoms. The summed E-state index contributed by atoms with van der Waals surface area (Å²) in [4.78, 5) is 24.3. The van der Waals surface area contributed by atoms with Crippen LogP contribution in [0.3, 0.4) is 0 Å². The number of carboxylic acid groups (broad SMARTS) is 1. The molecular weight excluding hydrogens is 338 g/mol. The highest BCUT2D eigenvalue weighted by Gasteiger charge is 2.41. The maximum Gasteiger partial charge on any atom is 0.307 e. The van der Waals surface area contributed by atoms with E-state index in [4.69, 9.17) is 11.6 Å². The van der Waals surface area contributed by atoms with Gasteiger partial charge in [-0.25, -0.2) is 0 Å². The molecule has 0 spiro atoms. The summed E-state index contributed by atoms with van der Waals surface area (Å²) >= 11 is 6.01. The maximum absolute atomic E-state index is 12.9. The van der Waals surface area contributed by atoms with Gasteiger partial charge in [-0.1, -0.05) is 37.6 Å². The predicted molar refractivity (Wildman–Crippen MR) is 97.3 cm³/mol. The molecule has 0 radical (unpaired) electrons. The highest BCUT2D eigenvalue weighted by Crippen LogP contribution is 2.47. The first kappa shape index (κ1) is 17.7. The first-order chi connectivity index (χ1) is 11.7. The van der Waals surface area contributed by atoms with E-state index >= 15 is 0 Å². The molecule has 3 rings (SSSR count). The van der Waals surface area contributed by atoms with Gasteiger partial charge in [-0.3, -0.25) is 9.59 Å². The van der Waals surface area contributed by atoms with E-state index in [0.29, 0.717) is 17.0 Å². The average molecular weight is 360 g/mol.